The fourth-order valence-electron chi connectivity index (χ4n) is 2.57. The van der Waals surface area contributed by atoms with Crippen LogP contribution >= 0.6 is 0 Å². The fourth-order valence-corrected chi connectivity index (χ4v) is 2.57. The summed E-state index contributed by atoms with van der Waals surface area (Å²) in [5.41, 5.74) is 0.656. The SMILES string of the molecule is COc1ccc(C(=O)O)cc1C(=O)Nc1cccc(C(=N)OC(=N)c2ccco2)c1. The second-order valence-electron chi connectivity index (χ2n) is 5.99. The molecule has 2 aromatic carbocycles. The van der Waals surface area contributed by atoms with Crippen molar-refractivity contribution >= 4 is 29.4 Å². The van der Waals surface area contributed by atoms with E-state index in [-0.39, 0.29) is 34.4 Å². The molecule has 0 saturated carbocycles. The Morgan fingerprint density at radius 1 is 1.00 bits per heavy atom. The van der Waals surface area contributed by atoms with Crippen molar-refractivity contribution in [3.05, 3.63) is 83.3 Å². The minimum atomic E-state index is -1.17. The Kier molecular flexibility index (Phi) is 5.92. The molecule has 0 unspecified atom stereocenters. The molecule has 0 spiro atoms. The van der Waals surface area contributed by atoms with Gasteiger partial charge in [0.25, 0.3) is 11.8 Å². The molecule has 152 valence electrons. The number of nitrogens with one attached hydrogen (secondary N) is 3. The molecule has 0 atom stereocenters. The Labute approximate surface area is 170 Å². The normalized spacial score (nSPS) is 10.2. The van der Waals surface area contributed by atoms with Crippen molar-refractivity contribution < 1.29 is 28.6 Å². The van der Waals surface area contributed by atoms with Gasteiger partial charge < -0.3 is 24.3 Å². The van der Waals surface area contributed by atoms with Gasteiger partial charge in [-0.15, -0.1) is 0 Å². The van der Waals surface area contributed by atoms with Gasteiger partial charge in [-0.3, -0.25) is 15.6 Å². The number of carboxylic acid groups (broad SMARTS) is 1. The van der Waals surface area contributed by atoms with E-state index in [4.69, 9.17) is 29.8 Å². The number of carbonyl (C=O) groups excluding carboxylic acids is 1. The first kappa shape index (κ1) is 20.3. The Balaban J connectivity index is 1.77. The second-order valence-corrected chi connectivity index (χ2v) is 5.99. The summed E-state index contributed by atoms with van der Waals surface area (Å²) in [5, 5.41) is 27.6. The van der Waals surface area contributed by atoms with E-state index in [1.54, 1.807) is 24.3 Å². The van der Waals surface area contributed by atoms with Crippen LogP contribution in [-0.4, -0.2) is 35.9 Å². The number of methoxy groups -OCH3 is 1. The molecule has 0 bridgehead atoms. The quantitative estimate of drug-likeness (QED) is 0.363. The van der Waals surface area contributed by atoms with Gasteiger partial charge in [0.05, 0.1) is 24.5 Å². The topological polar surface area (TPSA) is 146 Å². The number of furan rings is 1. The summed E-state index contributed by atoms with van der Waals surface area (Å²) in [6.07, 6.45) is 1.39. The van der Waals surface area contributed by atoms with Crippen molar-refractivity contribution in [2.75, 3.05) is 12.4 Å². The summed E-state index contributed by atoms with van der Waals surface area (Å²) in [6.45, 7) is 0. The lowest BCUT2D eigenvalue weighted by Gasteiger charge is -2.11. The van der Waals surface area contributed by atoms with E-state index in [1.165, 1.54) is 43.7 Å². The van der Waals surface area contributed by atoms with Crippen LogP contribution in [0.4, 0.5) is 5.69 Å². The second kappa shape index (κ2) is 8.74. The summed E-state index contributed by atoms with van der Waals surface area (Å²) in [6, 6.07) is 13.4. The lowest BCUT2D eigenvalue weighted by molar-refractivity contribution is 0.0697. The van der Waals surface area contributed by atoms with Crippen molar-refractivity contribution in [2.45, 2.75) is 0 Å². The molecule has 1 heterocycles. The van der Waals surface area contributed by atoms with Crippen molar-refractivity contribution in [1.29, 1.82) is 10.8 Å². The number of anilines is 1. The molecule has 0 radical (unpaired) electrons. The van der Waals surface area contributed by atoms with E-state index >= 15 is 0 Å². The lowest BCUT2D eigenvalue weighted by atomic mass is 10.1. The number of aromatic carboxylic acids is 1. The zero-order valence-corrected chi connectivity index (χ0v) is 15.8. The van der Waals surface area contributed by atoms with Crippen LogP contribution in [0.3, 0.4) is 0 Å². The number of rotatable bonds is 6. The molecule has 3 aromatic rings. The van der Waals surface area contributed by atoms with E-state index in [0.29, 0.717) is 11.3 Å². The van der Waals surface area contributed by atoms with Crippen molar-refractivity contribution in [2.24, 2.45) is 0 Å². The summed E-state index contributed by atoms with van der Waals surface area (Å²) in [4.78, 5) is 23.9. The minimum Gasteiger partial charge on any atom is -0.496 e. The Morgan fingerprint density at radius 2 is 1.80 bits per heavy atom. The average molecular weight is 407 g/mol. The van der Waals surface area contributed by atoms with Crippen molar-refractivity contribution in [3.8, 4) is 5.75 Å². The third-order valence-electron chi connectivity index (χ3n) is 4.02. The van der Waals surface area contributed by atoms with E-state index in [0.717, 1.165) is 0 Å². The number of hydrogen-bond acceptors (Lipinski definition) is 7. The minimum absolute atomic E-state index is 0.0497. The van der Waals surface area contributed by atoms with Crippen LogP contribution < -0.4 is 10.1 Å². The highest BCUT2D eigenvalue weighted by Crippen LogP contribution is 2.22. The van der Waals surface area contributed by atoms with Crippen molar-refractivity contribution in [3.63, 3.8) is 0 Å². The molecular weight excluding hydrogens is 390 g/mol. The molecule has 30 heavy (non-hydrogen) atoms. The third-order valence-corrected chi connectivity index (χ3v) is 4.02. The molecule has 9 nitrogen and oxygen atoms in total. The molecule has 0 aliphatic heterocycles. The standard InChI is InChI=1S/C21H17N3O6/c1-28-16-8-7-13(21(26)27)11-15(16)20(25)24-14-5-2-4-12(10-14)18(22)30-19(23)17-6-3-9-29-17/h2-11,22-23H,1H3,(H,24,25)(H,26,27). The molecular formula is C21H17N3O6. The van der Waals surface area contributed by atoms with Crippen LogP contribution in [0.5, 0.6) is 5.75 Å². The molecule has 0 aliphatic rings. The molecule has 0 aliphatic carbocycles. The van der Waals surface area contributed by atoms with Gasteiger partial charge in [-0.05, 0) is 48.5 Å². The first-order chi connectivity index (χ1) is 14.4. The summed E-state index contributed by atoms with van der Waals surface area (Å²) < 4.78 is 15.4. The number of amides is 1. The summed E-state index contributed by atoms with van der Waals surface area (Å²) >= 11 is 0. The molecule has 1 amide bonds. The van der Waals surface area contributed by atoms with Gasteiger partial charge in [-0.25, -0.2) is 4.79 Å². The number of hydrogen-bond donors (Lipinski definition) is 4. The Morgan fingerprint density at radius 3 is 2.47 bits per heavy atom. The first-order valence-electron chi connectivity index (χ1n) is 8.61. The van der Waals surface area contributed by atoms with E-state index in [9.17, 15) is 9.59 Å². The third kappa shape index (κ3) is 4.53. The number of ether oxygens (including phenoxy) is 2. The van der Waals surface area contributed by atoms with Gasteiger partial charge in [-0.2, -0.15) is 0 Å². The maximum atomic E-state index is 12.7. The van der Waals surface area contributed by atoms with E-state index in [2.05, 4.69) is 5.32 Å². The highest BCUT2D eigenvalue weighted by Gasteiger charge is 2.17. The van der Waals surface area contributed by atoms with E-state index in [1.807, 2.05) is 0 Å². The summed E-state index contributed by atoms with van der Waals surface area (Å²) in [5.74, 6) is -1.99. The fraction of sp³-hybridized carbons (Fsp3) is 0.0476. The van der Waals surface area contributed by atoms with Crippen molar-refractivity contribution in [1.82, 2.24) is 0 Å². The predicted molar refractivity (Wildman–Crippen MR) is 108 cm³/mol. The Bertz CT molecular complexity index is 1120. The van der Waals surface area contributed by atoms with Crippen LogP contribution in [0.15, 0.2) is 65.3 Å². The predicted octanol–water partition coefficient (Wildman–Crippen LogP) is 3.61. The Hall–Kier alpha value is -4.40. The van der Waals surface area contributed by atoms with Gasteiger partial charge in [0, 0.05) is 11.3 Å². The van der Waals surface area contributed by atoms with Crippen LogP contribution in [0.1, 0.15) is 32.0 Å². The first-order valence-corrected chi connectivity index (χ1v) is 8.61. The molecule has 3 rings (SSSR count). The van der Waals surface area contributed by atoms with Gasteiger partial charge in [0.2, 0.25) is 5.90 Å². The maximum absolute atomic E-state index is 12.7. The highest BCUT2D eigenvalue weighted by atomic mass is 16.5. The highest BCUT2D eigenvalue weighted by molar-refractivity contribution is 6.08. The largest absolute Gasteiger partial charge is 0.496 e. The van der Waals surface area contributed by atoms with Crippen LogP contribution in [-0.2, 0) is 4.74 Å². The van der Waals surface area contributed by atoms with Crippen LogP contribution in [0, 0.1) is 10.8 Å². The monoisotopic (exact) mass is 407 g/mol. The number of carbonyl (C=O) groups is 2. The maximum Gasteiger partial charge on any atom is 0.335 e. The molecule has 4 N–H and O–H groups in total. The van der Waals surface area contributed by atoms with Gasteiger partial charge in [-0.1, -0.05) is 6.07 Å². The number of carboxylic acids is 1. The van der Waals surface area contributed by atoms with Gasteiger partial charge in [0.1, 0.15) is 5.75 Å². The van der Waals surface area contributed by atoms with Crippen LogP contribution in [0.2, 0.25) is 0 Å². The van der Waals surface area contributed by atoms with Crippen LogP contribution in [0.25, 0.3) is 0 Å². The molecule has 9 heteroatoms. The lowest BCUT2D eigenvalue weighted by Crippen LogP contribution is -2.16. The summed E-state index contributed by atoms with van der Waals surface area (Å²) in [7, 11) is 1.37. The average Bonchev–Trinajstić information content (AvgIpc) is 3.28. The van der Waals surface area contributed by atoms with Gasteiger partial charge >= 0.3 is 5.97 Å². The zero-order chi connectivity index (χ0) is 21.7. The van der Waals surface area contributed by atoms with Gasteiger partial charge in [0.15, 0.2) is 5.76 Å². The molecule has 0 saturated heterocycles. The molecule has 0 fully saturated rings. The van der Waals surface area contributed by atoms with E-state index < -0.39 is 11.9 Å². The number of benzene rings is 2. The zero-order valence-electron chi connectivity index (χ0n) is 15.8. The molecule has 1 aromatic heterocycles. The smallest absolute Gasteiger partial charge is 0.335 e.